The number of ether oxygens (including phenoxy) is 2. The molecule has 170 valence electrons. The summed E-state index contributed by atoms with van der Waals surface area (Å²) in [6.07, 6.45) is 15.3. The Balaban J connectivity index is 1.62. The lowest BCUT2D eigenvalue weighted by Gasteiger charge is -2.13. The first kappa shape index (κ1) is 23.9. The average molecular weight is 441 g/mol. The molecule has 3 heteroatoms. The van der Waals surface area contributed by atoms with Crippen molar-refractivity contribution in [2.75, 3.05) is 13.2 Å². The predicted octanol–water partition coefficient (Wildman–Crippen LogP) is 9.53. The Morgan fingerprint density at radius 3 is 1.77 bits per heavy atom. The molecule has 0 bridgehead atoms. The zero-order chi connectivity index (χ0) is 21.7. The number of benzene rings is 2. The minimum absolute atomic E-state index is 0.771. The lowest BCUT2D eigenvalue weighted by molar-refractivity contribution is 0.259. The van der Waals surface area contributed by atoms with Crippen LogP contribution in [0.4, 0.5) is 0 Å². The highest BCUT2D eigenvalue weighted by Gasteiger charge is 2.12. The van der Waals surface area contributed by atoms with Gasteiger partial charge in [0.25, 0.3) is 0 Å². The second kappa shape index (κ2) is 13.6. The SMILES string of the molecule is CCCCCCCCOc1cc2sc3ccccc3c2cc1OCCCCCCCC. The lowest BCUT2D eigenvalue weighted by Crippen LogP contribution is -2.02. The average Bonchev–Trinajstić information content (AvgIpc) is 3.15. The maximum Gasteiger partial charge on any atom is 0.162 e. The third kappa shape index (κ3) is 7.42. The van der Waals surface area contributed by atoms with Crippen molar-refractivity contribution in [1.82, 2.24) is 0 Å². The summed E-state index contributed by atoms with van der Waals surface area (Å²) in [5.74, 6) is 1.83. The van der Waals surface area contributed by atoms with Crippen LogP contribution in [-0.2, 0) is 0 Å². The maximum absolute atomic E-state index is 6.26. The zero-order valence-corrected chi connectivity index (χ0v) is 20.4. The first-order valence-electron chi connectivity index (χ1n) is 12.5. The van der Waals surface area contributed by atoms with E-state index in [1.165, 1.54) is 84.4 Å². The molecule has 0 saturated heterocycles. The quantitative estimate of drug-likeness (QED) is 0.206. The second-order valence-corrected chi connectivity index (χ2v) is 9.71. The molecule has 0 amide bonds. The number of hydrogen-bond acceptors (Lipinski definition) is 3. The summed E-state index contributed by atoms with van der Waals surface area (Å²) in [4.78, 5) is 0. The molecular formula is C28H40O2S. The fourth-order valence-corrected chi connectivity index (χ4v) is 5.20. The standard InChI is InChI=1S/C28H40O2S/c1-3-5-7-9-11-15-19-29-25-21-24-23-17-13-14-18-27(23)31-28(24)22-26(25)30-20-16-12-10-8-6-4-2/h13-14,17-18,21-22H,3-12,15-16,19-20H2,1-2H3. The summed E-state index contributed by atoms with van der Waals surface area (Å²) in [7, 11) is 0. The highest BCUT2D eigenvalue weighted by molar-refractivity contribution is 7.25. The Bertz CT molecular complexity index is 899. The van der Waals surface area contributed by atoms with Gasteiger partial charge in [-0.3, -0.25) is 0 Å². The van der Waals surface area contributed by atoms with Crippen molar-refractivity contribution in [3.63, 3.8) is 0 Å². The summed E-state index contributed by atoms with van der Waals surface area (Å²) in [6, 6.07) is 13.1. The molecule has 1 aromatic heterocycles. The van der Waals surface area contributed by atoms with Gasteiger partial charge in [0.05, 0.1) is 13.2 Å². The maximum atomic E-state index is 6.26. The fourth-order valence-electron chi connectivity index (χ4n) is 4.09. The highest BCUT2D eigenvalue weighted by Crippen LogP contribution is 2.41. The third-order valence-electron chi connectivity index (χ3n) is 5.95. The van der Waals surface area contributed by atoms with Gasteiger partial charge in [-0.05, 0) is 25.0 Å². The molecule has 0 aliphatic carbocycles. The van der Waals surface area contributed by atoms with Gasteiger partial charge in [0.1, 0.15) is 0 Å². The van der Waals surface area contributed by atoms with E-state index in [1.54, 1.807) is 0 Å². The molecule has 3 aromatic rings. The Labute approximate surface area is 193 Å². The van der Waals surface area contributed by atoms with Crippen molar-refractivity contribution in [1.29, 1.82) is 0 Å². The fraction of sp³-hybridized carbons (Fsp3) is 0.571. The molecule has 0 aliphatic heterocycles. The molecule has 3 rings (SSSR count). The van der Waals surface area contributed by atoms with E-state index >= 15 is 0 Å². The molecule has 0 saturated carbocycles. The van der Waals surface area contributed by atoms with Crippen LogP contribution in [0.1, 0.15) is 90.9 Å². The van der Waals surface area contributed by atoms with Gasteiger partial charge >= 0.3 is 0 Å². The van der Waals surface area contributed by atoms with Crippen molar-refractivity contribution in [3.8, 4) is 11.5 Å². The summed E-state index contributed by atoms with van der Waals surface area (Å²) in [6.45, 7) is 6.07. The number of thiophene rings is 1. The van der Waals surface area contributed by atoms with Crippen LogP contribution in [0.5, 0.6) is 11.5 Å². The molecule has 0 atom stereocenters. The summed E-state index contributed by atoms with van der Waals surface area (Å²) in [5, 5.41) is 2.60. The van der Waals surface area contributed by atoms with E-state index in [9.17, 15) is 0 Å². The van der Waals surface area contributed by atoms with Crippen LogP contribution in [0.3, 0.4) is 0 Å². The van der Waals surface area contributed by atoms with Crippen molar-refractivity contribution < 1.29 is 9.47 Å². The molecule has 2 aromatic carbocycles. The molecule has 0 N–H and O–H groups in total. The minimum Gasteiger partial charge on any atom is -0.490 e. The van der Waals surface area contributed by atoms with Gasteiger partial charge in [0, 0.05) is 26.2 Å². The van der Waals surface area contributed by atoms with Crippen LogP contribution in [0.25, 0.3) is 20.2 Å². The first-order chi connectivity index (χ1) is 15.3. The summed E-state index contributed by atoms with van der Waals surface area (Å²) in [5.41, 5.74) is 0. The predicted molar refractivity (Wildman–Crippen MR) is 137 cm³/mol. The molecule has 1 heterocycles. The Kier molecular flexibility index (Phi) is 10.5. The van der Waals surface area contributed by atoms with Crippen LogP contribution >= 0.6 is 11.3 Å². The smallest absolute Gasteiger partial charge is 0.162 e. The highest BCUT2D eigenvalue weighted by atomic mass is 32.1. The molecule has 0 unspecified atom stereocenters. The van der Waals surface area contributed by atoms with Gasteiger partial charge in [-0.1, -0.05) is 96.3 Å². The molecule has 0 fully saturated rings. The number of hydrogen-bond donors (Lipinski definition) is 0. The number of unbranched alkanes of at least 4 members (excludes halogenated alkanes) is 10. The van der Waals surface area contributed by atoms with Crippen molar-refractivity contribution in [2.45, 2.75) is 90.9 Å². The van der Waals surface area contributed by atoms with Gasteiger partial charge < -0.3 is 9.47 Å². The van der Waals surface area contributed by atoms with E-state index in [-0.39, 0.29) is 0 Å². The van der Waals surface area contributed by atoms with Gasteiger partial charge in [-0.25, -0.2) is 0 Å². The number of rotatable bonds is 16. The second-order valence-electron chi connectivity index (χ2n) is 8.63. The Hall–Kier alpha value is -1.74. The van der Waals surface area contributed by atoms with E-state index in [4.69, 9.17) is 9.47 Å². The summed E-state index contributed by atoms with van der Waals surface area (Å²) < 4.78 is 15.1. The van der Waals surface area contributed by atoms with Crippen molar-refractivity contribution in [3.05, 3.63) is 36.4 Å². The zero-order valence-electron chi connectivity index (χ0n) is 19.6. The van der Waals surface area contributed by atoms with Crippen LogP contribution < -0.4 is 9.47 Å². The van der Waals surface area contributed by atoms with Crippen LogP contribution in [0, 0.1) is 0 Å². The Morgan fingerprint density at radius 1 is 0.581 bits per heavy atom. The van der Waals surface area contributed by atoms with Crippen LogP contribution in [0.2, 0.25) is 0 Å². The molecule has 0 aliphatic rings. The number of fused-ring (bicyclic) bond motifs is 3. The van der Waals surface area contributed by atoms with Crippen molar-refractivity contribution in [2.24, 2.45) is 0 Å². The van der Waals surface area contributed by atoms with E-state index in [0.717, 1.165) is 37.6 Å². The molecule has 31 heavy (non-hydrogen) atoms. The van der Waals surface area contributed by atoms with E-state index in [0.29, 0.717) is 0 Å². The topological polar surface area (TPSA) is 18.5 Å². The summed E-state index contributed by atoms with van der Waals surface area (Å²) >= 11 is 1.84. The van der Waals surface area contributed by atoms with Crippen molar-refractivity contribution >= 4 is 31.5 Å². The van der Waals surface area contributed by atoms with Gasteiger partial charge in [0.15, 0.2) is 11.5 Å². The lowest BCUT2D eigenvalue weighted by atomic mass is 10.1. The van der Waals surface area contributed by atoms with Crippen LogP contribution in [-0.4, -0.2) is 13.2 Å². The molecular weight excluding hydrogens is 400 g/mol. The van der Waals surface area contributed by atoms with Gasteiger partial charge in [0.2, 0.25) is 0 Å². The monoisotopic (exact) mass is 440 g/mol. The normalized spacial score (nSPS) is 11.4. The van der Waals surface area contributed by atoms with E-state index in [1.807, 2.05) is 11.3 Å². The minimum atomic E-state index is 0.771. The van der Waals surface area contributed by atoms with Gasteiger partial charge in [-0.15, -0.1) is 11.3 Å². The van der Waals surface area contributed by atoms with Gasteiger partial charge in [-0.2, -0.15) is 0 Å². The molecule has 2 nitrogen and oxygen atoms in total. The first-order valence-corrected chi connectivity index (χ1v) is 13.4. The Morgan fingerprint density at radius 2 is 1.13 bits per heavy atom. The molecule has 0 radical (unpaired) electrons. The van der Waals surface area contributed by atoms with Crippen LogP contribution in [0.15, 0.2) is 36.4 Å². The van der Waals surface area contributed by atoms with E-state index in [2.05, 4.69) is 50.2 Å². The third-order valence-corrected chi connectivity index (χ3v) is 7.09. The molecule has 0 spiro atoms. The largest absolute Gasteiger partial charge is 0.490 e. The van der Waals surface area contributed by atoms with E-state index < -0.39 is 0 Å².